The van der Waals surface area contributed by atoms with Crippen LogP contribution in [0.5, 0.6) is 5.75 Å². The van der Waals surface area contributed by atoms with Crippen LogP contribution in [0.15, 0.2) is 65.6 Å². The van der Waals surface area contributed by atoms with Crippen LogP contribution in [0.4, 0.5) is 0 Å². The molecule has 0 aliphatic heterocycles. The van der Waals surface area contributed by atoms with Crippen molar-refractivity contribution in [3.05, 3.63) is 71.8 Å². The third kappa shape index (κ3) is 5.25. The maximum atomic E-state index is 12.5. The Morgan fingerprint density at radius 3 is 2.41 bits per heavy atom. The van der Waals surface area contributed by atoms with Crippen LogP contribution in [0, 0.1) is 6.92 Å². The van der Waals surface area contributed by atoms with Gasteiger partial charge in [0.1, 0.15) is 5.75 Å². The second-order valence-corrected chi connectivity index (χ2v) is 9.18. The summed E-state index contributed by atoms with van der Waals surface area (Å²) in [6, 6.07) is 19.1. The van der Waals surface area contributed by atoms with Gasteiger partial charge in [0, 0.05) is 18.1 Å². The monoisotopic (exact) mass is 401 g/mol. The standard InChI is InChI=1S/C21H23NO3S2/c1-16-3-5-17(6-4-16)15-26-12-11-22-27(23,24)21-10-8-18-13-20(25-2)9-7-19(18)14-21/h3-10,13-14,22H,11-12,15H2,1-2H3. The smallest absolute Gasteiger partial charge is 0.240 e. The van der Waals surface area contributed by atoms with Gasteiger partial charge < -0.3 is 4.74 Å². The maximum absolute atomic E-state index is 12.5. The van der Waals surface area contributed by atoms with Gasteiger partial charge in [0.2, 0.25) is 10.0 Å². The molecule has 0 unspecified atom stereocenters. The van der Waals surface area contributed by atoms with E-state index in [0.717, 1.165) is 28.0 Å². The minimum absolute atomic E-state index is 0.281. The highest BCUT2D eigenvalue weighted by molar-refractivity contribution is 7.98. The van der Waals surface area contributed by atoms with E-state index in [9.17, 15) is 8.42 Å². The summed E-state index contributed by atoms with van der Waals surface area (Å²) in [7, 11) is -1.90. The zero-order valence-corrected chi connectivity index (χ0v) is 17.1. The highest BCUT2D eigenvalue weighted by Crippen LogP contribution is 2.23. The molecule has 1 N–H and O–H groups in total. The first-order valence-electron chi connectivity index (χ1n) is 8.69. The van der Waals surface area contributed by atoms with Crippen molar-refractivity contribution in [3.63, 3.8) is 0 Å². The number of fused-ring (bicyclic) bond motifs is 1. The fraction of sp³-hybridized carbons (Fsp3) is 0.238. The van der Waals surface area contributed by atoms with Crippen LogP contribution < -0.4 is 9.46 Å². The van der Waals surface area contributed by atoms with Crippen LogP contribution in [0.3, 0.4) is 0 Å². The fourth-order valence-electron chi connectivity index (χ4n) is 2.70. The van der Waals surface area contributed by atoms with Gasteiger partial charge >= 0.3 is 0 Å². The molecule has 0 saturated heterocycles. The van der Waals surface area contributed by atoms with E-state index in [-0.39, 0.29) is 4.90 Å². The Kier molecular flexibility index (Phi) is 6.42. The number of thioether (sulfide) groups is 1. The second-order valence-electron chi connectivity index (χ2n) is 6.31. The number of sulfonamides is 1. The molecule has 0 atom stereocenters. The van der Waals surface area contributed by atoms with E-state index >= 15 is 0 Å². The van der Waals surface area contributed by atoms with Crippen LogP contribution >= 0.6 is 11.8 Å². The Bertz CT molecular complexity index is 1020. The molecule has 3 aromatic rings. The third-order valence-electron chi connectivity index (χ3n) is 4.26. The molecule has 6 heteroatoms. The van der Waals surface area contributed by atoms with E-state index in [2.05, 4.69) is 35.9 Å². The number of hydrogen-bond acceptors (Lipinski definition) is 4. The lowest BCUT2D eigenvalue weighted by Crippen LogP contribution is -2.26. The topological polar surface area (TPSA) is 55.4 Å². The molecule has 3 rings (SSSR count). The molecule has 27 heavy (non-hydrogen) atoms. The van der Waals surface area contributed by atoms with Crippen molar-refractivity contribution in [2.24, 2.45) is 0 Å². The van der Waals surface area contributed by atoms with Gasteiger partial charge in [0.25, 0.3) is 0 Å². The van der Waals surface area contributed by atoms with Gasteiger partial charge in [-0.2, -0.15) is 11.8 Å². The van der Waals surface area contributed by atoms with Crippen molar-refractivity contribution in [2.75, 3.05) is 19.4 Å². The Hall–Kier alpha value is -2.02. The molecule has 0 heterocycles. The lowest BCUT2D eigenvalue weighted by Gasteiger charge is -2.09. The van der Waals surface area contributed by atoms with Crippen molar-refractivity contribution >= 4 is 32.6 Å². The summed E-state index contributed by atoms with van der Waals surface area (Å²) in [6.07, 6.45) is 0. The number of ether oxygens (including phenoxy) is 1. The van der Waals surface area contributed by atoms with Crippen LogP contribution in [0.25, 0.3) is 10.8 Å². The van der Waals surface area contributed by atoms with Crippen molar-refractivity contribution in [2.45, 2.75) is 17.6 Å². The van der Waals surface area contributed by atoms with Crippen molar-refractivity contribution in [1.29, 1.82) is 0 Å². The summed E-state index contributed by atoms with van der Waals surface area (Å²) < 4.78 is 32.9. The normalized spacial score (nSPS) is 11.6. The lowest BCUT2D eigenvalue weighted by molar-refractivity contribution is 0.415. The molecule has 0 radical (unpaired) electrons. The summed E-state index contributed by atoms with van der Waals surface area (Å²) in [5.41, 5.74) is 2.49. The lowest BCUT2D eigenvalue weighted by atomic mass is 10.1. The minimum Gasteiger partial charge on any atom is -0.497 e. The Balaban J connectivity index is 1.56. The summed E-state index contributed by atoms with van der Waals surface area (Å²) >= 11 is 1.71. The van der Waals surface area contributed by atoms with Gasteiger partial charge in [-0.15, -0.1) is 0 Å². The maximum Gasteiger partial charge on any atom is 0.240 e. The molecule has 0 saturated carbocycles. The molecule has 0 fully saturated rings. The predicted molar refractivity (Wildman–Crippen MR) is 113 cm³/mol. The number of methoxy groups -OCH3 is 1. The van der Waals surface area contributed by atoms with E-state index in [1.165, 1.54) is 11.1 Å². The van der Waals surface area contributed by atoms with Crippen molar-refractivity contribution in [3.8, 4) is 5.75 Å². The zero-order valence-electron chi connectivity index (χ0n) is 15.4. The number of benzene rings is 3. The molecular weight excluding hydrogens is 378 g/mol. The first-order chi connectivity index (χ1) is 13.0. The van der Waals surface area contributed by atoms with E-state index < -0.39 is 10.0 Å². The molecule has 0 aliphatic rings. The molecule has 4 nitrogen and oxygen atoms in total. The molecule has 0 aliphatic carbocycles. The number of hydrogen-bond donors (Lipinski definition) is 1. The SMILES string of the molecule is COc1ccc2cc(S(=O)(=O)NCCSCc3ccc(C)cc3)ccc2c1. The first kappa shape index (κ1) is 19.7. The number of aryl methyl sites for hydroxylation is 1. The Labute approximate surface area is 165 Å². The van der Waals surface area contributed by atoms with Gasteiger partial charge in [0.15, 0.2) is 0 Å². The van der Waals surface area contributed by atoms with Gasteiger partial charge in [-0.05, 0) is 47.5 Å². The Morgan fingerprint density at radius 2 is 1.67 bits per heavy atom. The molecule has 0 aromatic heterocycles. The van der Waals surface area contributed by atoms with Crippen LogP contribution in [-0.2, 0) is 15.8 Å². The summed E-state index contributed by atoms with van der Waals surface area (Å²) in [5, 5.41) is 1.81. The molecule has 142 valence electrons. The van der Waals surface area contributed by atoms with E-state index in [1.54, 1.807) is 37.1 Å². The average molecular weight is 402 g/mol. The number of nitrogens with one attached hydrogen (secondary N) is 1. The summed E-state index contributed by atoms with van der Waals surface area (Å²) in [4.78, 5) is 0.281. The highest BCUT2D eigenvalue weighted by Gasteiger charge is 2.14. The van der Waals surface area contributed by atoms with Gasteiger partial charge in [-0.25, -0.2) is 13.1 Å². The van der Waals surface area contributed by atoms with E-state index in [0.29, 0.717) is 6.54 Å². The third-order valence-corrected chi connectivity index (χ3v) is 6.75. The first-order valence-corrected chi connectivity index (χ1v) is 11.3. The van der Waals surface area contributed by atoms with E-state index in [1.807, 2.05) is 18.2 Å². The second kappa shape index (κ2) is 8.78. The van der Waals surface area contributed by atoms with E-state index in [4.69, 9.17) is 4.74 Å². The van der Waals surface area contributed by atoms with Gasteiger partial charge in [-0.1, -0.05) is 42.0 Å². The largest absolute Gasteiger partial charge is 0.497 e. The molecule has 0 spiro atoms. The fourth-order valence-corrected chi connectivity index (χ4v) is 4.72. The van der Waals surface area contributed by atoms with Crippen LogP contribution in [0.2, 0.25) is 0 Å². The molecule has 0 amide bonds. The summed E-state index contributed by atoms with van der Waals surface area (Å²) in [5.74, 6) is 2.35. The summed E-state index contributed by atoms with van der Waals surface area (Å²) in [6.45, 7) is 2.47. The highest BCUT2D eigenvalue weighted by atomic mass is 32.2. The van der Waals surface area contributed by atoms with Crippen LogP contribution in [0.1, 0.15) is 11.1 Å². The zero-order chi connectivity index (χ0) is 19.3. The molecule has 3 aromatic carbocycles. The average Bonchev–Trinajstić information content (AvgIpc) is 2.68. The van der Waals surface area contributed by atoms with Gasteiger partial charge in [0.05, 0.1) is 12.0 Å². The van der Waals surface area contributed by atoms with Crippen molar-refractivity contribution in [1.82, 2.24) is 4.72 Å². The minimum atomic E-state index is -3.51. The number of rotatable bonds is 8. The van der Waals surface area contributed by atoms with Crippen molar-refractivity contribution < 1.29 is 13.2 Å². The molecular formula is C21H23NO3S2. The van der Waals surface area contributed by atoms with Crippen LogP contribution in [-0.4, -0.2) is 27.8 Å². The van der Waals surface area contributed by atoms with Gasteiger partial charge in [-0.3, -0.25) is 0 Å². The quantitative estimate of drug-likeness (QED) is 0.570. The predicted octanol–water partition coefficient (Wildman–Crippen LogP) is 4.37. The molecule has 0 bridgehead atoms. The Morgan fingerprint density at radius 1 is 0.963 bits per heavy atom.